The second-order valence-corrected chi connectivity index (χ2v) is 6.35. The molecule has 0 N–H and O–H groups in total. The predicted octanol–water partition coefficient (Wildman–Crippen LogP) is 2.22. The van der Waals surface area contributed by atoms with Crippen molar-refractivity contribution in [2.75, 3.05) is 0 Å². The fourth-order valence-electron chi connectivity index (χ4n) is 2.69. The molecule has 28 heavy (non-hydrogen) atoms. The molecule has 6 nitrogen and oxygen atoms in total. The van der Waals surface area contributed by atoms with E-state index >= 15 is 0 Å². The van der Waals surface area contributed by atoms with Crippen molar-refractivity contribution >= 4 is 22.9 Å². The number of benzene rings is 2. The lowest BCUT2D eigenvalue weighted by Crippen LogP contribution is -2.39. The van der Waals surface area contributed by atoms with Crippen molar-refractivity contribution in [3.8, 4) is 17.5 Å². The molecule has 0 aliphatic carbocycles. The van der Waals surface area contributed by atoms with Gasteiger partial charge in [0.15, 0.2) is 22.8 Å². The van der Waals surface area contributed by atoms with Gasteiger partial charge in [0, 0.05) is 18.2 Å². The molecule has 2 aromatic carbocycles. The van der Waals surface area contributed by atoms with Crippen molar-refractivity contribution in [2.45, 2.75) is 0 Å². The molecule has 2 aromatic heterocycles. The molecule has 0 radical (unpaired) electrons. The molecule has 138 valence electrons. The van der Waals surface area contributed by atoms with Crippen LogP contribution in [0.25, 0.3) is 16.9 Å². The molecular weight excluding hydrogens is 386 g/mol. The smallest absolute Gasteiger partial charge is 0.278 e. The van der Waals surface area contributed by atoms with Crippen LogP contribution in [0.4, 0.5) is 8.78 Å². The van der Waals surface area contributed by atoms with E-state index in [4.69, 9.17) is 0 Å². The molecule has 0 aliphatic heterocycles. The SMILES string of the molecule is Cn1c(=O)n(-c2c(F)cc(C#Cc3ccccc3)cc2F)c(=O)c2nsnc21. The summed E-state index contributed by atoms with van der Waals surface area (Å²) in [7, 11) is 1.34. The predicted molar refractivity (Wildman–Crippen MR) is 101 cm³/mol. The summed E-state index contributed by atoms with van der Waals surface area (Å²) in [4.78, 5) is 25.1. The number of rotatable bonds is 1. The number of hydrogen-bond acceptors (Lipinski definition) is 5. The minimum absolute atomic E-state index is 0.0578. The van der Waals surface area contributed by atoms with Gasteiger partial charge in [0.1, 0.15) is 5.69 Å². The van der Waals surface area contributed by atoms with E-state index < -0.39 is 28.6 Å². The largest absolute Gasteiger partial charge is 0.337 e. The van der Waals surface area contributed by atoms with Crippen LogP contribution >= 0.6 is 11.7 Å². The van der Waals surface area contributed by atoms with Crippen molar-refractivity contribution in [2.24, 2.45) is 7.05 Å². The molecule has 4 aromatic rings. The van der Waals surface area contributed by atoms with Gasteiger partial charge in [0.2, 0.25) is 0 Å². The Labute approximate surface area is 160 Å². The van der Waals surface area contributed by atoms with Gasteiger partial charge in [-0.05, 0) is 24.3 Å². The Kier molecular flexibility index (Phi) is 4.33. The molecule has 0 spiro atoms. The summed E-state index contributed by atoms with van der Waals surface area (Å²) < 4.78 is 38.5. The lowest BCUT2D eigenvalue weighted by molar-refractivity contribution is 0.558. The molecule has 0 atom stereocenters. The fourth-order valence-corrected chi connectivity index (χ4v) is 3.25. The Morgan fingerprint density at radius 3 is 2.29 bits per heavy atom. The minimum Gasteiger partial charge on any atom is -0.278 e. The first-order valence-corrected chi connectivity index (χ1v) is 8.71. The van der Waals surface area contributed by atoms with E-state index in [0.717, 1.165) is 28.4 Å². The zero-order valence-electron chi connectivity index (χ0n) is 14.3. The molecular formula is C19H10F2N4O2S. The number of halogens is 2. The minimum atomic E-state index is -1.08. The normalized spacial score (nSPS) is 10.7. The van der Waals surface area contributed by atoms with E-state index in [-0.39, 0.29) is 16.7 Å². The molecule has 2 heterocycles. The van der Waals surface area contributed by atoms with Crippen LogP contribution in [-0.4, -0.2) is 17.9 Å². The number of nitrogens with zero attached hydrogens (tertiary/aromatic N) is 4. The highest BCUT2D eigenvalue weighted by atomic mass is 32.1. The van der Waals surface area contributed by atoms with Crippen LogP contribution in [0.2, 0.25) is 0 Å². The van der Waals surface area contributed by atoms with E-state index in [9.17, 15) is 18.4 Å². The zero-order chi connectivity index (χ0) is 19.8. The molecule has 4 rings (SSSR count). The van der Waals surface area contributed by atoms with Gasteiger partial charge in [-0.2, -0.15) is 8.75 Å². The van der Waals surface area contributed by atoms with Crippen LogP contribution in [0.15, 0.2) is 52.1 Å². The van der Waals surface area contributed by atoms with Gasteiger partial charge in [0.05, 0.1) is 11.7 Å². The van der Waals surface area contributed by atoms with Gasteiger partial charge >= 0.3 is 5.69 Å². The summed E-state index contributed by atoms with van der Waals surface area (Å²) in [5.41, 5.74) is -1.96. The van der Waals surface area contributed by atoms with Crippen LogP contribution in [0, 0.1) is 23.5 Å². The summed E-state index contributed by atoms with van der Waals surface area (Å²) >= 11 is 0.730. The maximum atomic E-state index is 14.7. The van der Waals surface area contributed by atoms with E-state index in [1.165, 1.54) is 7.05 Å². The summed E-state index contributed by atoms with van der Waals surface area (Å²) in [5, 5.41) is 0. The highest BCUT2D eigenvalue weighted by Gasteiger charge is 2.21. The van der Waals surface area contributed by atoms with Crippen molar-refractivity contribution in [3.05, 3.63) is 86.1 Å². The van der Waals surface area contributed by atoms with Crippen LogP contribution < -0.4 is 11.2 Å². The van der Waals surface area contributed by atoms with Gasteiger partial charge in [-0.25, -0.2) is 18.1 Å². The Morgan fingerprint density at radius 2 is 1.61 bits per heavy atom. The van der Waals surface area contributed by atoms with Crippen molar-refractivity contribution < 1.29 is 8.78 Å². The third kappa shape index (κ3) is 2.90. The standard InChI is InChI=1S/C19H10F2N4O2S/c1-24-17-15(22-28-23-17)18(26)25(19(24)27)16-13(20)9-12(10-14(16)21)8-7-11-5-3-2-4-6-11/h2-6,9-10H,1H3. The molecule has 9 heteroatoms. The summed E-state index contributed by atoms with van der Waals surface area (Å²) in [6, 6.07) is 10.9. The molecule has 0 amide bonds. The molecule has 0 saturated carbocycles. The lowest BCUT2D eigenvalue weighted by atomic mass is 10.1. The molecule has 0 saturated heterocycles. The maximum absolute atomic E-state index is 14.7. The number of fused-ring (bicyclic) bond motifs is 1. The Balaban J connectivity index is 1.90. The average molecular weight is 396 g/mol. The Morgan fingerprint density at radius 1 is 0.964 bits per heavy atom. The second kappa shape index (κ2) is 6.83. The topological polar surface area (TPSA) is 69.8 Å². The first-order chi connectivity index (χ1) is 13.5. The zero-order valence-corrected chi connectivity index (χ0v) is 15.1. The van der Waals surface area contributed by atoms with E-state index in [1.807, 2.05) is 6.07 Å². The Hall–Kier alpha value is -3.64. The highest BCUT2D eigenvalue weighted by molar-refractivity contribution is 7.00. The van der Waals surface area contributed by atoms with Crippen molar-refractivity contribution in [1.29, 1.82) is 0 Å². The molecule has 0 bridgehead atoms. The molecule has 0 fully saturated rings. The molecule has 0 unspecified atom stereocenters. The van der Waals surface area contributed by atoms with E-state index in [1.54, 1.807) is 24.3 Å². The average Bonchev–Trinajstić information content (AvgIpc) is 3.18. The van der Waals surface area contributed by atoms with Gasteiger partial charge < -0.3 is 0 Å². The van der Waals surface area contributed by atoms with Crippen molar-refractivity contribution in [1.82, 2.24) is 17.9 Å². The molecule has 0 aliphatic rings. The summed E-state index contributed by atoms with van der Waals surface area (Å²) in [6.07, 6.45) is 0. The van der Waals surface area contributed by atoms with Crippen LogP contribution in [0.5, 0.6) is 0 Å². The van der Waals surface area contributed by atoms with Gasteiger partial charge in [-0.3, -0.25) is 9.36 Å². The second-order valence-electron chi connectivity index (χ2n) is 5.82. The first-order valence-electron chi connectivity index (χ1n) is 7.98. The monoisotopic (exact) mass is 396 g/mol. The van der Waals surface area contributed by atoms with Gasteiger partial charge in [-0.15, -0.1) is 0 Å². The number of aryl methyl sites for hydroxylation is 1. The third-order valence-corrected chi connectivity index (χ3v) is 4.56. The summed E-state index contributed by atoms with van der Waals surface area (Å²) in [5.74, 6) is 3.29. The van der Waals surface area contributed by atoms with E-state index in [2.05, 4.69) is 20.6 Å². The van der Waals surface area contributed by atoms with Crippen LogP contribution in [-0.2, 0) is 7.05 Å². The fraction of sp³-hybridized carbons (Fsp3) is 0.0526. The van der Waals surface area contributed by atoms with Crippen LogP contribution in [0.1, 0.15) is 11.1 Å². The maximum Gasteiger partial charge on any atom is 0.337 e. The summed E-state index contributed by atoms with van der Waals surface area (Å²) in [6.45, 7) is 0. The van der Waals surface area contributed by atoms with Crippen LogP contribution in [0.3, 0.4) is 0 Å². The Bertz CT molecular complexity index is 1370. The quantitative estimate of drug-likeness (QED) is 0.463. The van der Waals surface area contributed by atoms with Gasteiger partial charge in [-0.1, -0.05) is 30.0 Å². The van der Waals surface area contributed by atoms with Crippen molar-refractivity contribution in [3.63, 3.8) is 0 Å². The lowest BCUT2D eigenvalue weighted by Gasteiger charge is -2.09. The number of aromatic nitrogens is 4. The number of hydrogen-bond donors (Lipinski definition) is 0. The third-order valence-electron chi connectivity index (χ3n) is 4.04. The highest BCUT2D eigenvalue weighted by Crippen LogP contribution is 2.18. The first kappa shape index (κ1) is 17.8. The van der Waals surface area contributed by atoms with Gasteiger partial charge in [0.25, 0.3) is 5.56 Å². The van der Waals surface area contributed by atoms with E-state index in [0.29, 0.717) is 10.1 Å².